The molecule has 46 heavy (non-hydrogen) atoms. The largest absolute Gasteiger partial charge is 0.870 e. The van der Waals surface area contributed by atoms with E-state index in [0.717, 1.165) is 0 Å². The van der Waals surface area contributed by atoms with Gasteiger partial charge in [-0.05, 0) is 101 Å². The summed E-state index contributed by atoms with van der Waals surface area (Å²) < 4.78 is 32.5. The van der Waals surface area contributed by atoms with Crippen LogP contribution in [0.15, 0.2) is 0 Å². The van der Waals surface area contributed by atoms with Crippen LogP contribution < -0.4 is 0 Å². The smallest absolute Gasteiger partial charge is 0.460 e. The van der Waals surface area contributed by atoms with E-state index in [4.69, 9.17) is 28.2 Å². The van der Waals surface area contributed by atoms with Gasteiger partial charge < -0.3 is 28.2 Å². The highest BCUT2D eigenvalue weighted by atomic mass is 16.8. The maximum Gasteiger partial charge on any atom is 0.870 e. The third kappa shape index (κ3) is 10.4. The lowest BCUT2D eigenvalue weighted by Gasteiger charge is -2.29. The molecule has 3 fully saturated rings. The van der Waals surface area contributed by atoms with Crippen LogP contribution in [-0.2, 0) is 42.6 Å². The second-order valence-corrected chi connectivity index (χ2v) is 14.6. The van der Waals surface area contributed by atoms with Crippen molar-refractivity contribution in [1.29, 1.82) is 0 Å². The molecule has 3 aliphatic rings. The van der Waals surface area contributed by atoms with Gasteiger partial charge in [-0.15, -0.1) is 0 Å². The lowest BCUT2D eigenvalue weighted by atomic mass is 10.1. The lowest BCUT2D eigenvalue weighted by Crippen LogP contribution is -2.50. The Bertz CT molecular complexity index is 1030. The second kappa shape index (κ2) is 14.4. The topological polar surface area (TPSA) is 168 Å². The fourth-order valence-electron chi connectivity index (χ4n) is 5.24. The lowest BCUT2D eigenvalue weighted by molar-refractivity contribution is -0.153. The van der Waals surface area contributed by atoms with Gasteiger partial charge in [0, 0.05) is 19.6 Å². The van der Waals surface area contributed by atoms with Gasteiger partial charge in [-0.1, -0.05) is 0 Å². The van der Waals surface area contributed by atoms with Crippen molar-refractivity contribution in [3.63, 3.8) is 0 Å². The Morgan fingerprint density at radius 1 is 0.478 bits per heavy atom. The summed E-state index contributed by atoms with van der Waals surface area (Å²) in [6.45, 7) is 15.9. The molecule has 3 amide bonds. The number of carbonyl (C=O) groups excluding carboxylic acids is 6. The van der Waals surface area contributed by atoms with E-state index in [2.05, 4.69) is 0 Å². The number of nitrogens with zero attached hydrogens (tertiary/aromatic N) is 3. The van der Waals surface area contributed by atoms with Crippen molar-refractivity contribution in [2.45, 2.75) is 136 Å². The number of hydrogen-bond acceptors (Lipinski definition) is 12. The van der Waals surface area contributed by atoms with Crippen LogP contribution >= 0.6 is 0 Å². The molecule has 0 N–H and O–H groups in total. The first-order chi connectivity index (χ1) is 21.1. The molecule has 0 aliphatic carbocycles. The third-order valence-corrected chi connectivity index (χ3v) is 7.10. The van der Waals surface area contributed by atoms with Crippen LogP contribution in [0.3, 0.4) is 0 Å². The highest BCUT2D eigenvalue weighted by Crippen LogP contribution is 2.26. The standard InChI is InChI=1S/C30H48BN3O12/c1-28(2,3)41-25(38)32-16-10-13-19(32)22(35)44-31(45-23(36)20-14-11-17-33(20)26(39)42-29(4,5)6)46-24(37)21-15-12-18-34(21)27(40)43-30(7,8)9/h19-21H,10-18H2,1-9H3/t19-,20?,21?/m0/s1. The Balaban J connectivity index is 1.80. The van der Waals surface area contributed by atoms with E-state index < -0.39 is 78.4 Å². The van der Waals surface area contributed by atoms with Crippen LogP contribution in [0.1, 0.15) is 101 Å². The summed E-state index contributed by atoms with van der Waals surface area (Å²) in [4.78, 5) is 82.1. The average molecular weight is 654 g/mol. The van der Waals surface area contributed by atoms with E-state index in [1.165, 1.54) is 14.7 Å². The van der Waals surface area contributed by atoms with Crippen molar-refractivity contribution in [2.75, 3.05) is 19.6 Å². The number of likely N-dealkylation sites (tertiary alicyclic amines) is 3. The molecule has 3 heterocycles. The first-order valence-corrected chi connectivity index (χ1v) is 15.8. The summed E-state index contributed by atoms with van der Waals surface area (Å²) in [5.74, 6) is -2.96. The van der Waals surface area contributed by atoms with Crippen LogP contribution in [0.4, 0.5) is 14.4 Å². The normalized spacial score (nSPS) is 21.8. The Morgan fingerprint density at radius 2 is 0.717 bits per heavy atom. The quantitative estimate of drug-likeness (QED) is 0.301. The zero-order valence-corrected chi connectivity index (χ0v) is 28.4. The molecule has 3 rings (SSSR count). The van der Waals surface area contributed by atoms with Gasteiger partial charge in [0.2, 0.25) is 0 Å². The van der Waals surface area contributed by atoms with Gasteiger partial charge in [0.05, 0.1) is 0 Å². The van der Waals surface area contributed by atoms with E-state index in [1.54, 1.807) is 62.3 Å². The summed E-state index contributed by atoms with van der Waals surface area (Å²) in [6.07, 6.45) is -0.0548. The molecule has 0 saturated carbocycles. The highest BCUT2D eigenvalue weighted by Gasteiger charge is 2.48. The Kier molecular flexibility index (Phi) is 11.5. The van der Waals surface area contributed by atoms with Crippen molar-refractivity contribution in [1.82, 2.24) is 14.7 Å². The van der Waals surface area contributed by atoms with Gasteiger partial charge in [0.15, 0.2) is 0 Å². The molecular formula is C30H48BN3O12. The zero-order chi connectivity index (χ0) is 34.6. The fourth-order valence-corrected chi connectivity index (χ4v) is 5.24. The molecule has 2 unspecified atom stereocenters. The summed E-state index contributed by atoms with van der Waals surface area (Å²) in [5, 5.41) is 0. The molecule has 258 valence electrons. The first-order valence-electron chi connectivity index (χ1n) is 15.8. The monoisotopic (exact) mass is 653 g/mol. The molecule has 16 heteroatoms. The van der Waals surface area contributed by atoms with Gasteiger partial charge in [-0.2, -0.15) is 0 Å². The van der Waals surface area contributed by atoms with E-state index in [0.29, 0.717) is 19.3 Å². The summed E-state index contributed by atoms with van der Waals surface area (Å²) >= 11 is 0. The van der Waals surface area contributed by atoms with Crippen molar-refractivity contribution < 1.29 is 56.9 Å². The van der Waals surface area contributed by atoms with E-state index in [9.17, 15) is 28.8 Å². The minimum atomic E-state index is -2.17. The number of hydrogen-bond donors (Lipinski definition) is 0. The minimum Gasteiger partial charge on any atom is -0.460 e. The van der Waals surface area contributed by atoms with Crippen LogP contribution in [0.2, 0.25) is 0 Å². The maximum atomic E-state index is 13.4. The molecule has 3 aliphatic heterocycles. The fraction of sp³-hybridized carbons (Fsp3) is 0.800. The number of ether oxygens (including phenoxy) is 3. The molecule has 0 aromatic heterocycles. The van der Waals surface area contributed by atoms with Crippen molar-refractivity contribution in [3.05, 3.63) is 0 Å². The molecule has 0 spiro atoms. The third-order valence-electron chi connectivity index (χ3n) is 7.10. The van der Waals surface area contributed by atoms with Crippen molar-refractivity contribution in [3.8, 4) is 0 Å². The summed E-state index contributed by atoms with van der Waals surface area (Å²) in [6, 6.07) is -3.28. The molecule has 3 atom stereocenters. The zero-order valence-electron chi connectivity index (χ0n) is 28.4. The molecule has 3 saturated heterocycles. The minimum absolute atomic E-state index is 0.221. The van der Waals surface area contributed by atoms with Crippen LogP contribution in [0, 0.1) is 0 Å². The van der Waals surface area contributed by atoms with Crippen LogP contribution in [0.25, 0.3) is 0 Å². The number of carbonyl (C=O) groups is 6. The predicted octanol–water partition coefficient (Wildman–Crippen LogP) is 3.80. The summed E-state index contributed by atoms with van der Waals surface area (Å²) in [5.41, 5.74) is -2.45. The first kappa shape index (κ1) is 36.7. The van der Waals surface area contributed by atoms with Crippen LogP contribution in [-0.4, -0.2) is 113 Å². The number of amides is 3. The number of rotatable bonds is 6. The second-order valence-electron chi connectivity index (χ2n) is 14.6. The van der Waals surface area contributed by atoms with E-state index in [1.807, 2.05) is 0 Å². The van der Waals surface area contributed by atoms with E-state index in [-0.39, 0.29) is 38.9 Å². The van der Waals surface area contributed by atoms with Crippen molar-refractivity contribution >= 4 is 43.5 Å². The molecule has 0 radical (unpaired) electrons. The van der Waals surface area contributed by atoms with E-state index >= 15 is 0 Å². The van der Waals surface area contributed by atoms with Gasteiger partial charge >= 0.3 is 43.5 Å². The Hall–Kier alpha value is -3.72. The molecule has 0 aromatic carbocycles. The molecule has 15 nitrogen and oxygen atoms in total. The predicted molar refractivity (Wildman–Crippen MR) is 162 cm³/mol. The van der Waals surface area contributed by atoms with Gasteiger partial charge in [0.25, 0.3) is 0 Å². The van der Waals surface area contributed by atoms with Gasteiger partial charge in [0.1, 0.15) is 34.9 Å². The van der Waals surface area contributed by atoms with Gasteiger partial charge in [-0.3, -0.25) is 29.1 Å². The summed E-state index contributed by atoms with van der Waals surface area (Å²) in [7, 11) is -2.17. The molecule has 0 bridgehead atoms. The molecular weight excluding hydrogens is 605 g/mol. The van der Waals surface area contributed by atoms with Gasteiger partial charge in [-0.25, -0.2) is 14.4 Å². The van der Waals surface area contributed by atoms with Crippen molar-refractivity contribution in [2.24, 2.45) is 0 Å². The Labute approximate surface area is 270 Å². The molecule has 0 aromatic rings. The van der Waals surface area contributed by atoms with Crippen LogP contribution in [0.5, 0.6) is 0 Å². The maximum absolute atomic E-state index is 13.4. The highest BCUT2D eigenvalue weighted by molar-refractivity contribution is 6.44. The SMILES string of the molecule is CC(C)(C)OC(=O)N1CCCC1C(=O)OB(OC(=O)C1CCCN1C(=O)OC(C)(C)C)OC(=O)[C@@H]1CCCN1C(=O)OC(C)(C)C. The Morgan fingerprint density at radius 3 is 0.935 bits per heavy atom. The average Bonchev–Trinajstić information content (AvgIpc) is 3.66.